The molecule has 4 rings (SSSR count). The summed E-state index contributed by atoms with van der Waals surface area (Å²) in [5.41, 5.74) is 0.526. The third-order valence-corrected chi connectivity index (χ3v) is 9.11. The van der Waals surface area contributed by atoms with Crippen molar-refractivity contribution in [1.82, 2.24) is 4.90 Å². The third kappa shape index (κ3) is 4.79. The summed E-state index contributed by atoms with van der Waals surface area (Å²) in [4.78, 5) is 45.7. The van der Waals surface area contributed by atoms with Crippen molar-refractivity contribution >= 4 is 23.5 Å². The van der Waals surface area contributed by atoms with Crippen LogP contribution in [-0.2, 0) is 23.9 Å². The molecule has 0 aliphatic carbocycles. The van der Waals surface area contributed by atoms with Crippen molar-refractivity contribution in [2.75, 3.05) is 24.7 Å². The Morgan fingerprint density at radius 3 is 2.52 bits per heavy atom. The number of nitrogens with zero attached hydrogens (tertiary/aromatic N) is 2. The van der Waals surface area contributed by atoms with Crippen LogP contribution in [0.3, 0.4) is 0 Å². The van der Waals surface area contributed by atoms with Gasteiger partial charge < -0.3 is 24.4 Å². The number of fused-ring (bicyclic) bond motifs is 1. The molecule has 2 amide bonds. The average molecular weight is 553 g/mol. The number of rotatable bonds is 13. The van der Waals surface area contributed by atoms with E-state index in [0.29, 0.717) is 25.7 Å². The zero-order chi connectivity index (χ0) is 29.2. The Labute approximate surface area is 238 Å². The largest absolute Gasteiger partial charge is 0.465 e. The highest BCUT2D eigenvalue weighted by atomic mass is 16.6. The Morgan fingerprint density at radius 2 is 1.93 bits per heavy atom. The second kappa shape index (κ2) is 11.9. The molecule has 2 bridgehead atoms. The van der Waals surface area contributed by atoms with Gasteiger partial charge in [-0.15, -0.1) is 13.2 Å². The molecule has 6 atom stereocenters. The molecule has 1 aromatic carbocycles. The maximum absolute atomic E-state index is 14.7. The SMILES string of the molecule is C=CCCCCOC(=O)[C@@H]1[C@H]2C(=O)N([C@@H](CC)CO)C(C(=O)N(CC=C)c3c(C)cccc3C)C23CC[C@@]1(C)O3. The first-order chi connectivity index (χ1) is 19.1. The summed E-state index contributed by atoms with van der Waals surface area (Å²) < 4.78 is 12.4. The van der Waals surface area contributed by atoms with E-state index in [-0.39, 0.29) is 31.6 Å². The van der Waals surface area contributed by atoms with Crippen molar-refractivity contribution in [2.24, 2.45) is 11.8 Å². The molecule has 40 heavy (non-hydrogen) atoms. The predicted octanol–water partition coefficient (Wildman–Crippen LogP) is 4.26. The molecule has 3 aliphatic heterocycles. The zero-order valence-corrected chi connectivity index (χ0v) is 24.4. The Bertz CT molecular complexity index is 1140. The number of aliphatic hydroxyl groups excluding tert-OH is 1. The Balaban J connectivity index is 1.77. The van der Waals surface area contributed by atoms with Crippen LogP contribution in [0.5, 0.6) is 0 Å². The smallest absolute Gasteiger partial charge is 0.312 e. The number of para-hydroxylation sites is 1. The van der Waals surface area contributed by atoms with Gasteiger partial charge in [0.1, 0.15) is 17.6 Å². The first kappa shape index (κ1) is 30.0. The van der Waals surface area contributed by atoms with Gasteiger partial charge in [-0.25, -0.2) is 0 Å². The van der Waals surface area contributed by atoms with Crippen molar-refractivity contribution in [3.63, 3.8) is 0 Å². The summed E-state index contributed by atoms with van der Waals surface area (Å²) >= 11 is 0. The van der Waals surface area contributed by atoms with Gasteiger partial charge in [0.15, 0.2) is 0 Å². The van der Waals surface area contributed by atoms with Gasteiger partial charge >= 0.3 is 5.97 Å². The zero-order valence-electron chi connectivity index (χ0n) is 24.4. The Hall–Kier alpha value is -2.97. The highest BCUT2D eigenvalue weighted by Gasteiger charge is 2.79. The van der Waals surface area contributed by atoms with Crippen molar-refractivity contribution in [3.05, 3.63) is 54.6 Å². The number of likely N-dealkylation sites (tertiary alicyclic amines) is 1. The average Bonchev–Trinajstić information content (AvgIpc) is 3.49. The molecule has 0 radical (unpaired) electrons. The summed E-state index contributed by atoms with van der Waals surface area (Å²) in [5, 5.41) is 10.3. The summed E-state index contributed by atoms with van der Waals surface area (Å²) in [7, 11) is 0. The number of carbonyl (C=O) groups is 3. The first-order valence-electron chi connectivity index (χ1n) is 14.5. The minimum Gasteiger partial charge on any atom is -0.465 e. The van der Waals surface area contributed by atoms with E-state index in [1.54, 1.807) is 11.0 Å². The number of aryl methyl sites for hydroxylation is 2. The molecule has 1 N–H and O–H groups in total. The quantitative estimate of drug-likeness (QED) is 0.223. The number of unbranched alkanes of at least 4 members (excludes halogenated alkanes) is 2. The van der Waals surface area contributed by atoms with E-state index in [4.69, 9.17) is 9.47 Å². The molecule has 1 spiro atoms. The van der Waals surface area contributed by atoms with E-state index >= 15 is 0 Å². The van der Waals surface area contributed by atoms with E-state index in [1.807, 2.05) is 52.0 Å². The molecule has 0 saturated carbocycles. The number of allylic oxidation sites excluding steroid dienone is 1. The van der Waals surface area contributed by atoms with Crippen LogP contribution in [0.1, 0.15) is 63.5 Å². The van der Waals surface area contributed by atoms with Crippen LogP contribution < -0.4 is 4.90 Å². The van der Waals surface area contributed by atoms with Gasteiger partial charge in [0.25, 0.3) is 5.91 Å². The standard InChI is InChI=1S/C32H44N2O6/c1-7-10-11-12-19-39-30(38)25-24-28(36)34(23(9-3)20-35)27(32(24)17-16-31(25,6)40-32)29(37)33(18-8-2)26-21(4)14-13-15-22(26)5/h7-8,13-15,23-25,27,35H,1-2,9-12,16-20H2,3-6H3/t23-,24-,25-,27?,31+,32?/m0/s1. The number of hydrogen-bond donors (Lipinski definition) is 1. The van der Waals surface area contributed by atoms with Crippen LogP contribution in [0.15, 0.2) is 43.5 Å². The Kier molecular flexibility index (Phi) is 8.90. The van der Waals surface area contributed by atoms with Gasteiger partial charge in [0.05, 0.1) is 30.8 Å². The van der Waals surface area contributed by atoms with E-state index in [2.05, 4.69) is 13.2 Å². The molecule has 3 heterocycles. The monoisotopic (exact) mass is 552 g/mol. The number of hydrogen-bond acceptors (Lipinski definition) is 6. The van der Waals surface area contributed by atoms with Gasteiger partial charge in [-0.2, -0.15) is 0 Å². The maximum Gasteiger partial charge on any atom is 0.312 e. The van der Waals surface area contributed by atoms with Gasteiger partial charge in [-0.1, -0.05) is 37.3 Å². The van der Waals surface area contributed by atoms with E-state index in [1.165, 1.54) is 4.90 Å². The number of esters is 1. The first-order valence-corrected chi connectivity index (χ1v) is 14.5. The molecule has 3 saturated heterocycles. The molecule has 2 unspecified atom stereocenters. The van der Waals surface area contributed by atoms with E-state index in [9.17, 15) is 19.5 Å². The molecule has 3 fully saturated rings. The highest BCUT2D eigenvalue weighted by molar-refractivity contribution is 6.05. The lowest BCUT2D eigenvalue weighted by atomic mass is 9.66. The number of aliphatic hydroxyl groups is 1. The summed E-state index contributed by atoms with van der Waals surface area (Å²) in [6.07, 6.45) is 7.35. The summed E-state index contributed by atoms with van der Waals surface area (Å²) in [6, 6.07) is 4.27. The van der Waals surface area contributed by atoms with Gasteiger partial charge in [0, 0.05) is 12.2 Å². The predicted molar refractivity (Wildman–Crippen MR) is 154 cm³/mol. The lowest BCUT2D eigenvalue weighted by Crippen LogP contribution is -2.59. The number of ether oxygens (including phenoxy) is 2. The summed E-state index contributed by atoms with van der Waals surface area (Å²) in [5.74, 6) is -2.74. The van der Waals surface area contributed by atoms with Crippen molar-refractivity contribution in [3.8, 4) is 0 Å². The Morgan fingerprint density at radius 1 is 1.23 bits per heavy atom. The maximum atomic E-state index is 14.7. The second-order valence-electron chi connectivity index (χ2n) is 11.6. The van der Waals surface area contributed by atoms with Crippen molar-refractivity contribution in [1.29, 1.82) is 0 Å². The lowest BCUT2D eigenvalue weighted by Gasteiger charge is -2.39. The minimum atomic E-state index is -1.19. The van der Waals surface area contributed by atoms with Gasteiger partial charge in [0.2, 0.25) is 5.91 Å². The van der Waals surface area contributed by atoms with Crippen molar-refractivity contribution < 1.29 is 29.0 Å². The molecular weight excluding hydrogens is 508 g/mol. The molecular formula is C32H44N2O6. The fraction of sp³-hybridized carbons (Fsp3) is 0.594. The number of amides is 2. The van der Waals surface area contributed by atoms with E-state index in [0.717, 1.165) is 29.7 Å². The molecule has 8 heteroatoms. The number of anilines is 1. The van der Waals surface area contributed by atoms with Gasteiger partial charge in [-0.3, -0.25) is 14.4 Å². The number of carbonyl (C=O) groups excluding carboxylic acids is 3. The van der Waals surface area contributed by atoms with Crippen molar-refractivity contribution in [2.45, 2.75) is 89.5 Å². The fourth-order valence-corrected chi connectivity index (χ4v) is 7.26. The topological polar surface area (TPSA) is 96.4 Å². The third-order valence-electron chi connectivity index (χ3n) is 9.11. The minimum absolute atomic E-state index is 0.243. The lowest BCUT2D eigenvalue weighted by molar-refractivity contribution is -0.160. The molecule has 218 valence electrons. The van der Waals surface area contributed by atoms with Crippen LogP contribution in [0, 0.1) is 25.7 Å². The molecule has 8 nitrogen and oxygen atoms in total. The van der Waals surface area contributed by atoms with Crippen LogP contribution >= 0.6 is 0 Å². The molecule has 3 aliphatic rings. The van der Waals surface area contributed by atoms with Crippen LogP contribution in [0.4, 0.5) is 5.69 Å². The highest BCUT2D eigenvalue weighted by Crippen LogP contribution is 2.64. The normalized spacial score (nSPS) is 29.3. The number of benzene rings is 1. The van der Waals surface area contributed by atoms with Crippen LogP contribution in [0.25, 0.3) is 0 Å². The fourth-order valence-electron chi connectivity index (χ4n) is 7.26. The molecule has 0 aromatic heterocycles. The second-order valence-corrected chi connectivity index (χ2v) is 11.6. The van der Waals surface area contributed by atoms with Crippen LogP contribution in [0.2, 0.25) is 0 Å². The van der Waals surface area contributed by atoms with Crippen LogP contribution in [-0.4, -0.2) is 70.8 Å². The van der Waals surface area contributed by atoms with Gasteiger partial charge in [-0.05, 0) is 70.4 Å². The molecule has 1 aromatic rings. The van der Waals surface area contributed by atoms with E-state index < -0.39 is 41.1 Å². The summed E-state index contributed by atoms with van der Waals surface area (Å²) in [6.45, 7) is 15.5.